The van der Waals surface area contributed by atoms with Crippen molar-refractivity contribution in [3.63, 3.8) is 0 Å². The molecular weight excluding hydrogens is 366 g/mol. The lowest BCUT2D eigenvalue weighted by Crippen LogP contribution is -2.10. The number of carbonyl (C=O) groups excluding carboxylic acids is 1. The Labute approximate surface area is 168 Å². The summed E-state index contributed by atoms with van der Waals surface area (Å²) in [5, 5.41) is 4.91. The van der Waals surface area contributed by atoms with E-state index < -0.39 is 0 Å². The molecule has 0 atom stereocenters. The Balaban J connectivity index is 1.37. The van der Waals surface area contributed by atoms with E-state index in [1.165, 1.54) is 11.3 Å². The summed E-state index contributed by atoms with van der Waals surface area (Å²) < 4.78 is 5.73. The molecule has 3 aromatic carbocycles. The molecule has 0 radical (unpaired) electrons. The Morgan fingerprint density at radius 2 is 1.46 bits per heavy atom. The number of carbonyl (C=O) groups is 1. The minimum Gasteiger partial charge on any atom is -0.489 e. The lowest BCUT2D eigenvalue weighted by atomic mass is 10.1. The molecule has 28 heavy (non-hydrogen) atoms. The van der Waals surface area contributed by atoms with Crippen LogP contribution < -0.4 is 10.1 Å². The van der Waals surface area contributed by atoms with Crippen molar-refractivity contribution >= 4 is 22.9 Å². The summed E-state index contributed by atoms with van der Waals surface area (Å²) in [5.74, 6) is 0.710. The molecular formula is C24H19NO2S. The number of para-hydroxylation sites is 1. The van der Waals surface area contributed by atoms with E-state index in [2.05, 4.69) is 17.4 Å². The van der Waals surface area contributed by atoms with Crippen molar-refractivity contribution in [2.75, 3.05) is 5.32 Å². The number of thiophene rings is 1. The number of nitrogens with one attached hydrogen (secondary N) is 1. The highest BCUT2D eigenvalue weighted by atomic mass is 32.1. The van der Waals surface area contributed by atoms with Crippen LogP contribution in [0.3, 0.4) is 0 Å². The molecule has 1 heterocycles. The first-order chi connectivity index (χ1) is 13.8. The van der Waals surface area contributed by atoms with Gasteiger partial charge in [-0.25, -0.2) is 0 Å². The Hall–Kier alpha value is -3.37. The van der Waals surface area contributed by atoms with Crippen molar-refractivity contribution in [2.45, 2.75) is 6.61 Å². The molecule has 1 amide bonds. The van der Waals surface area contributed by atoms with Gasteiger partial charge in [-0.05, 0) is 46.8 Å². The van der Waals surface area contributed by atoms with Crippen LogP contribution in [0, 0.1) is 0 Å². The molecule has 0 bridgehead atoms. The van der Waals surface area contributed by atoms with Crippen LogP contribution in [-0.2, 0) is 6.61 Å². The maximum Gasteiger partial charge on any atom is 0.265 e. The standard InChI is InChI=1S/C24H19NO2S/c26-24(23-15-18(17-28-23)16-27-22-9-5-2-6-10-22)25-21-13-11-20(12-14-21)19-7-3-1-4-8-19/h1-15,17H,16H2,(H,25,26). The first-order valence-corrected chi connectivity index (χ1v) is 9.88. The Bertz CT molecular complexity index is 1040. The predicted molar refractivity (Wildman–Crippen MR) is 115 cm³/mol. The Morgan fingerprint density at radius 1 is 0.821 bits per heavy atom. The van der Waals surface area contributed by atoms with E-state index in [1.807, 2.05) is 84.2 Å². The number of ether oxygens (including phenoxy) is 1. The molecule has 1 N–H and O–H groups in total. The zero-order valence-electron chi connectivity index (χ0n) is 15.2. The molecule has 0 aliphatic carbocycles. The molecule has 0 spiro atoms. The molecule has 0 aliphatic rings. The third-order valence-corrected chi connectivity index (χ3v) is 5.25. The third-order valence-electron chi connectivity index (χ3n) is 4.28. The quantitative estimate of drug-likeness (QED) is 0.426. The molecule has 0 fully saturated rings. The SMILES string of the molecule is O=C(Nc1ccc(-c2ccccc2)cc1)c1cc(COc2ccccc2)cs1. The van der Waals surface area contributed by atoms with Crippen LogP contribution in [0.2, 0.25) is 0 Å². The van der Waals surface area contributed by atoms with E-state index in [-0.39, 0.29) is 5.91 Å². The van der Waals surface area contributed by atoms with Crippen molar-refractivity contribution in [3.8, 4) is 16.9 Å². The number of benzene rings is 3. The lowest BCUT2D eigenvalue weighted by Gasteiger charge is -2.06. The number of rotatable bonds is 6. The van der Waals surface area contributed by atoms with Crippen LogP contribution in [0.15, 0.2) is 96.4 Å². The topological polar surface area (TPSA) is 38.3 Å². The summed E-state index contributed by atoms with van der Waals surface area (Å²) in [5.41, 5.74) is 4.04. The number of hydrogen-bond donors (Lipinski definition) is 1. The number of hydrogen-bond acceptors (Lipinski definition) is 3. The van der Waals surface area contributed by atoms with E-state index in [1.54, 1.807) is 0 Å². The fourth-order valence-electron chi connectivity index (χ4n) is 2.82. The molecule has 4 aromatic rings. The molecule has 0 saturated heterocycles. The molecule has 4 heteroatoms. The monoisotopic (exact) mass is 385 g/mol. The van der Waals surface area contributed by atoms with Gasteiger partial charge in [-0.3, -0.25) is 4.79 Å². The van der Waals surface area contributed by atoms with Gasteiger partial charge >= 0.3 is 0 Å². The maximum atomic E-state index is 12.5. The second-order valence-corrected chi connectivity index (χ2v) is 7.23. The molecule has 0 unspecified atom stereocenters. The van der Waals surface area contributed by atoms with Gasteiger partial charge < -0.3 is 10.1 Å². The maximum absolute atomic E-state index is 12.5. The van der Waals surface area contributed by atoms with Gasteiger partial charge in [0, 0.05) is 11.3 Å². The Kier molecular flexibility index (Phi) is 5.50. The highest BCUT2D eigenvalue weighted by Crippen LogP contribution is 2.23. The molecule has 0 aliphatic heterocycles. The van der Waals surface area contributed by atoms with E-state index >= 15 is 0 Å². The first-order valence-electron chi connectivity index (χ1n) is 9.00. The zero-order chi connectivity index (χ0) is 19.2. The van der Waals surface area contributed by atoms with Gasteiger partial charge in [0.05, 0.1) is 4.88 Å². The van der Waals surface area contributed by atoms with Crippen molar-refractivity contribution in [1.29, 1.82) is 0 Å². The second kappa shape index (κ2) is 8.55. The fourth-order valence-corrected chi connectivity index (χ4v) is 3.61. The van der Waals surface area contributed by atoms with Gasteiger partial charge in [-0.2, -0.15) is 0 Å². The van der Waals surface area contributed by atoms with Gasteiger partial charge in [0.2, 0.25) is 0 Å². The normalized spacial score (nSPS) is 10.4. The number of anilines is 1. The summed E-state index contributed by atoms with van der Waals surface area (Å²) in [6.07, 6.45) is 0. The first kappa shape index (κ1) is 18.0. The fraction of sp³-hybridized carbons (Fsp3) is 0.0417. The highest BCUT2D eigenvalue weighted by molar-refractivity contribution is 7.12. The van der Waals surface area contributed by atoms with Gasteiger partial charge in [-0.1, -0.05) is 60.7 Å². The predicted octanol–water partition coefficient (Wildman–Crippen LogP) is 6.25. The summed E-state index contributed by atoms with van der Waals surface area (Å²) in [7, 11) is 0. The minimum atomic E-state index is -0.108. The van der Waals surface area contributed by atoms with Crippen molar-refractivity contribution in [3.05, 3.63) is 107 Å². The van der Waals surface area contributed by atoms with Gasteiger partial charge in [0.25, 0.3) is 5.91 Å². The molecule has 1 aromatic heterocycles. The lowest BCUT2D eigenvalue weighted by molar-refractivity contribution is 0.103. The van der Waals surface area contributed by atoms with Gasteiger partial charge in [0.15, 0.2) is 0 Å². The largest absolute Gasteiger partial charge is 0.489 e. The average molecular weight is 385 g/mol. The van der Waals surface area contributed by atoms with Crippen LogP contribution in [-0.4, -0.2) is 5.91 Å². The molecule has 0 saturated carbocycles. The summed E-state index contributed by atoms with van der Waals surface area (Å²) in [6, 6.07) is 29.6. The molecule has 138 valence electrons. The molecule has 4 rings (SSSR count). The van der Waals surface area contributed by atoms with E-state index in [0.717, 1.165) is 28.1 Å². The van der Waals surface area contributed by atoms with E-state index in [4.69, 9.17) is 4.74 Å². The summed E-state index contributed by atoms with van der Waals surface area (Å²) in [6.45, 7) is 0.444. The minimum absolute atomic E-state index is 0.108. The van der Waals surface area contributed by atoms with Crippen molar-refractivity contribution < 1.29 is 9.53 Å². The molecule has 3 nitrogen and oxygen atoms in total. The summed E-state index contributed by atoms with van der Waals surface area (Å²) >= 11 is 1.42. The van der Waals surface area contributed by atoms with Gasteiger partial charge in [-0.15, -0.1) is 11.3 Å². The summed E-state index contributed by atoms with van der Waals surface area (Å²) in [4.78, 5) is 13.2. The van der Waals surface area contributed by atoms with E-state index in [9.17, 15) is 4.79 Å². The van der Waals surface area contributed by atoms with Crippen LogP contribution in [0.1, 0.15) is 15.2 Å². The smallest absolute Gasteiger partial charge is 0.265 e. The zero-order valence-corrected chi connectivity index (χ0v) is 16.0. The van der Waals surface area contributed by atoms with Gasteiger partial charge in [0.1, 0.15) is 12.4 Å². The van der Waals surface area contributed by atoms with Crippen molar-refractivity contribution in [2.24, 2.45) is 0 Å². The van der Waals surface area contributed by atoms with Crippen LogP contribution in [0.5, 0.6) is 5.75 Å². The Morgan fingerprint density at radius 3 is 2.18 bits per heavy atom. The highest BCUT2D eigenvalue weighted by Gasteiger charge is 2.10. The van der Waals surface area contributed by atoms with Crippen molar-refractivity contribution in [1.82, 2.24) is 0 Å². The van der Waals surface area contributed by atoms with E-state index in [0.29, 0.717) is 11.5 Å². The van der Waals surface area contributed by atoms with Crippen LogP contribution >= 0.6 is 11.3 Å². The average Bonchev–Trinajstić information content (AvgIpc) is 3.24. The van der Waals surface area contributed by atoms with Crippen LogP contribution in [0.4, 0.5) is 5.69 Å². The number of amides is 1. The second-order valence-electron chi connectivity index (χ2n) is 6.32. The third kappa shape index (κ3) is 4.48. The van der Waals surface area contributed by atoms with Crippen LogP contribution in [0.25, 0.3) is 11.1 Å².